The van der Waals surface area contributed by atoms with Gasteiger partial charge in [-0.3, -0.25) is 10.1 Å². The van der Waals surface area contributed by atoms with Gasteiger partial charge in [-0.2, -0.15) is 0 Å². The molecule has 2 N–H and O–H groups in total. The van der Waals surface area contributed by atoms with Crippen molar-refractivity contribution in [3.63, 3.8) is 0 Å². The smallest absolute Gasteiger partial charge is 0.248 e. The molecule has 0 unspecified atom stereocenters. The standard InChI is InChI=1S/C19H19N5OS/c1-13-5-3-6-15(9-13)11-24-12-20-18(23-24)22-19(26)21-17-8-4-7-16(10-17)14(2)25/h3-10,12H,11H2,1-2H3,(H2,21,22,23,26). The van der Waals surface area contributed by atoms with Crippen LogP contribution in [0.25, 0.3) is 0 Å². The van der Waals surface area contributed by atoms with E-state index in [-0.39, 0.29) is 5.78 Å². The van der Waals surface area contributed by atoms with Crippen molar-refractivity contribution in [1.82, 2.24) is 14.8 Å². The van der Waals surface area contributed by atoms with Gasteiger partial charge < -0.3 is 5.32 Å². The number of rotatable bonds is 5. The van der Waals surface area contributed by atoms with Crippen LogP contribution < -0.4 is 10.6 Å². The van der Waals surface area contributed by atoms with Gasteiger partial charge in [0, 0.05) is 11.3 Å². The Morgan fingerprint density at radius 3 is 2.73 bits per heavy atom. The summed E-state index contributed by atoms with van der Waals surface area (Å²) in [6.45, 7) is 4.22. The molecule has 0 aliphatic carbocycles. The minimum atomic E-state index is 0.00378. The van der Waals surface area contributed by atoms with Crippen molar-refractivity contribution in [3.8, 4) is 0 Å². The number of carbonyl (C=O) groups excluding carboxylic acids is 1. The molecule has 132 valence electrons. The molecule has 0 atom stereocenters. The van der Waals surface area contributed by atoms with E-state index >= 15 is 0 Å². The quantitative estimate of drug-likeness (QED) is 0.531. The first-order valence-corrected chi connectivity index (χ1v) is 8.54. The first-order valence-electron chi connectivity index (χ1n) is 8.13. The number of aromatic nitrogens is 3. The molecule has 0 saturated heterocycles. The van der Waals surface area contributed by atoms with E-state index in [0.29, 0.717) is 23.2 Å². The molecule has 26 heavy (non-hydrogen) atoms. The zero-order valence-corrected chi connectivity index (χ0v) is 15.4. The number of aryl methyl sites for hydroxylation is 1. The van der Waals surface area contributed by atoms with Gasteiger partial charge in [-0.05, 0) is 43.8 Å². The lowest BCUT2D eigenvalue weighted by molar-refractivity contribution is 0.101. The highest BCUT2D eigenvalue weighted by molar-refractivity contribution is 7.80. The van der Waals surface area contributed by atoms with Crippen LogP contribution in [0.4, 0.5) is 11.6 Å². The third-order valence-corrected chi connectivity index (χ3v) is 3.92. The van der Waals surface area contributed by atoms with Crippen molar-refractivity contribution in [2.45, 2.75) is 20.4 Å². The molecule has 3 rings (SSSR count). The van der Waals surface area contributed by atoms with E-state index in [2.05, 4.69) is 45.8 Å². The summed E-state index contributed by atoms with van der Waals surface area (Å²) >= 11 is 5.29. The van der Waals surface area contributed by atoms with Crippen molar-refractivity contribution >= 4 is 34.7 Å². The van der Waals surface area contributed by atoms with Crippen LogP contribution in [-0.4, -0.2) is 25.7 Å². The maximum absolute atomic E-state index is 11.4. The molecule has 6 nitrogen and oxygen atoms in total. The van der Waals surface area contributed by atoms with Gasteiger partial charge in [0.1, 0.15) is 6.33 Å². The largest absolute Gasteiger partial charge is 0.332 e. The number of hydrogen-bond donors (Lipinski definition) is 2. The van der Waals surface area contributed by atoms with Gasteiger partial charge in [0.05, 0.1) is 6.54 Å². The molecular formula is C19H19N5OS. The number of anilines is 2. The summed E-state index contributed by atoms with van der Waals surface area (Å²) in [7, 11) is 0. The maximum Gasteiger partial charge on any atom is 0.248 e. The normalized spacial score (nSPS) is 10.4. The van der Waals surface area contributed by atoms with E-state index in [1.54, 1.807) is 29.2 Å². The summed E-state index contributed by atoms with van der Waals surface area (Å²) in [5.41, 5.74) is 3.72. The SMILES string of the molecule is CC(=O)c1cccc(NC(=S)Nc2ncn(Cc3cccc(C)c3)n2)c1. The molecule has 0 spiro atoms. The van der Waals surface area contributed by atoms with Gasteiger partial charge in [0.25, 0.3) is 0 Å². The fourth-order valence-electron chi connectivity index (χ4n) is 2.51. The second-order valence-corrected chi connectivity index (χ2v) is 6.38. The first kappa shape index (κ1) is 17.8. The Hall–Kier alpha value is -3.06. The molecule has 7 heteroatoms. The zero-order valence-electron chi connectivity index (χ0n) is 14.6. The van der Waals surface area contributed by atoms with E-state index in [1.807, 2.05) is 12.1 Å². The van der Waals surface area contributed by atoms with Crippen LogP contribution in [0.2, 0.25) is 0 Å². The van der Waals surface area contributed by atoms with E-state index in [1.165, 1.54) is 12.5 Å². The third-order valence-electron chi connectivity index (χ3n) is 3.72. The Balaban J connectivity index is 1.61. The number of carbonyl (C=O) groups is 1. The molecule has 0 aliphatic heterocycles. The minimum absolute atomic E-state index is 0.00378. The molecule has 0 fully saturated rings. The Morgan fingerprint density at radius 1 is 1.15 bits per heavy atom. The molecule has 3 aromatic rings. The molecule has 0 radical (unpaired) electrons. The lowest BCUT2D eigenvalue weighted by atomic mass is 10.1. The highest BCUT2D eigenvalue weighted by Crippen LogP contribution is 2.12. The fraction of sp³-hybridized carbons (Fsp3) is 0.158. The van der Waals surface area contributed by atoms with Gasteiger partial charge in [-0.1, -0.05) is 42.0 Å². The number of benzene rings is 2. The Morgan fingerprint density at radius 2 is 1.96 bits per heavy atom. The van der Waals surface area contributed by atoms with Crippen molar-refractivity contribution in [1.29, 1.82) is 0 Å². The van der Waals surface area contributed by atoms with Crippen LogP contribution in [0, 0.1) is 6.92 Å². The molecule has 1 heterocycles. The van der Waals surface area contributed by atoms with Gasteiger partial charge >= 0.3 is 0 Å². The summed E-state index contributed by atoms with van der Waals surface area (Å²) in [5.74, 6) is 0.418. The maximum atomic E-state index is 11.4. The topological polar surface area (TPSA) is 71.8 Å². The van der Waals surface area contributed by atoms with Crippen molar-refractivity contribution in [2.75, 3.05) is 10.6 Å². The molecular weight excluding hydrogens is 346 g/mol. The van der Waals surface area contributed by atoms with Crippen LogP contribution in [0.3, 0.4) is 0 Å². The molecule has 1 aromatic heterocycles. The molecule has 0 saturated carbocycles. The van der Waals surface area contributed by atoms with Crippen LogP contribution in [0.15, 0.2) is 54.9 Å². The predicted octanol–water partition coefficient (Wildman–Crippen LogP) is 3.65. The second kappa shape index (κ2) is 7.88. The van der Waals surface area contributed by atoms with Gasteiger partial charge in [-0.15, -0.1) is 5.10 Å². The average Bonchev–Trinajstić information content (AvgIpc) is 3.01. The highest BCUT2D eigenvalue weighted by Gasteiger charge is 2.06. The van der Waals surface area contributed by atoms with E-state index in [9.17, 15) is 4.79 Å². The van der Waals surface area contributed by atoms with Crippen LogP contribution in [0.1, 0.15) is 28.4 Å². The predicted molar refractivity (Wildman–Crippen MR) is 107 cm³/mol. The van der Waals surface area contributed by atoms with Crippen molar-refractivity contribution < 1.29 is 4.79 Å². The Kier molecular flexibility index (Phi) is 5.38. The van der Waals surface area contributed by atoms with Crippen molar-refractivity contribution in [3.05, 3.63) is 71.5 Å². The van der Waals surface area contributed by atoms with Gasteiger partial charge in [0.15, 0.2) is 10.9 Å². The lowest BCUT2D eigenvalue weighted by Crippen LogP contribution is -2.20. The monoisotopic (exact) mass is 365 g/mol. The summed E-state index contributed by atoms with van der Waals surface area (Å²) < 4.78 is 1.75. The van der Waals surface area contributed by atoms with Gasteiger partial charge in [-0.25, -0.2) is 9.67 Å². The second-order valence-electron chi connectivity index (χ2n) is 5.97. The molecule has 2 aromatic carbocycles. The number of nitrogens with one attached hydrogen (secondary N) is 2. The van der Waals surface area contributed by atoms with E-state index in [0.717, 1.165) is 11.3 Å². The van der Waals surface area contributed by atoms with E-state index in [4.69, 9.17) is 12.2 Å². The van der Waals surface area contributed by atoms with Crippen LogP contribution in [0.5, 0.6) is 0 Å². The number of nitrogens with zero attached hydrogens (tertiary/aromatic N) is 3. The minimum Gasteiger partial charge on any atom is -0.332 e. The molecule has 0 aliphatic rings. The number of hydrogen-bond acceptors (Lipinski definition) is 4. The molecule has 0 bridgehead atoms. The van der Waals surface area contributed by atoms with Crippen molar-refractivity contribution in [2.24, 2.45) is 0 Å². The summed E-state index contributed by atoms with van der Waals surface area (Å²) in [5, 5.41) is 10.7. The Bertz CT molecular complexity index is 950. The van der Waals surface area contributed by atoms with Crippen LogP contribution >= 0.6 is 12.2 Å². The first-order chi connectivity index (χ1) is 12.5. The zero-order chi connectivity index (χ0) is 18.5. The Labute approximate surface area is 157 Å². The highest BCUT2D eigenvalue weighted by atomic mass is 32.1. The fourth-order valence-corrected chi connectivity index (χ4v) is 2.71. The third kappa shape index (κ3) is 4.73. The summed E-state index contributed by atoms with van der Waals surface area (Å²) in [6, 6.07) is 15.4. The number of Topliss-reactive ketones (excluding diaryl/α,β-unsaturated/α-hetero) is 1. The summed E-state index contributed by atoms with van der Waals surface area (Å²) in [4.78, 5) is 15.7. The number of thiocarbonyl (C=S) groups is 1. The molecule has 0 amide bonds. The average molecular weight is 365 g/mol. The summed E-state index contributed by atoms with van der Waals surface area (Å²) in [6.07, 6.45) is 1.66. The van der Waals surface area contributed by atoms with Gasteiger partial charge in [0.2, 0.25) is 5.95 Å². The van der Waals surface area contributed by atoms with Crippen LogP contribution in [-0.2, 0) is 6.54 Å². The lowest BCUT2D eigenvalue weighted by Gasteiger charge is -2.08. The number of ketones is 1. The van der Waals surface area contributed by atoms with E-state index < -0.39 is 0 Å².